The SMILES string of the molecule is O=C(CN(C(=O)c1ccc([N+](=O)[O-])cc1)C1CC1)N(CCc1c[nH]c2ccccc12)Cc1ccc(C(F)(F)F)cc1. The molecule has 0 radical (unpaired) electrons. The fourth-order valence-corrected chi connectivity index (χ4v) is 4.80. The van der Waals surface area contributed by atoms with E-state index in [2.05, 4.69) is 4.98 Å². The molecule has 1 aliphatic carbocycles. The lowest BCUT2D eigenvalue weighted by Gasteiger charge is -2.28. The van der Waals surface area contributed by atoms with Crippen molar-refractivity contribution in [2.45, 2.75) is 38.0 Å². The van der Waals surface area contributed by atoms with Crippen LogP contribution in [0.3, 0.4) is 0 Å². The average molecular weight is 565 g/mol. The number of halogens is 3. The van der Waals surface area contributed by atoms with Gasteiger partial charge in [0.1, 0.15) is 6.54 Å². The van der Waals surface area contributed by atoms with Crippen molar-refractivity contribution < 1.29 is 27.7 Å². The molecule has 8 nitrogen and oxygen atoms in total. The Balaban J connectivity index is 1.36. The Morgan fingerprint density at radius 2 is 1.66 bits per heavy atom. The van der Waals surface area contributed by atoms with Crippen molar-refractivity contribution in [3.8, 4) is 0 Å². The van der Waals surface area contributed by atoms with E-state index in [4.69, 9.17) is 0 Å². The predicted octanol–water partition coefficient (Wildman–Crippen LogP) is 5.97. The maximum atomic E-state index is 13.7. The smallest absolute Gasteiger partial charge is 0.361 e. The van der Waals surface area contributed by atoms with Gasteiger partial charge in [-0.25, -0.2) is 0 Å². The zero-order chi connectivity index (χ0) is 29.1. The van der Waals surface area contributed by atoms with E-state index in [1.165, 1.54) is 41.3 Å². The minimum absolute atomic E-state index is 0.0730. The highest BCUT2D eigenvalue weighted by atomic mass is 19.4. The standard InChI is InChI=1S/C30H27F3N4O4/c31-30(32,33)23-9-5-20(6-10-23)18-35(16-15-22-17-34-27-4-2-1-3-26(22)27)28(38)19-36(24-13-14-24)29(39)21-7-11-25(12-8-21)37(40)41/h1-12,17,24,34H,13-16,18-19H2. The molecule has 3 aromatic carbocycles. The summed E-state index contributed by atoms with van der Waals surface area (Å²) in [6.07, 6.45) is -0.622. The highest BCUT2D eigenvalue weighted by Crippen LogP contribution is 2.30. The van der Waals surface area contributed by atoms with Crippen LogP contribution in [0.2, 0.25) is 0 Å². The molecule has 0 spiro atoms. The van der Waals surface area contributed by atoms with Gasteiger partial charge >= 0.3 is 6.18 Å². The van der Waals surface area contributed by atoms with Crippen LogP contribution in [0.1, 0.15) is 39.9 Å². The second kappa shape index (κ2) is 11.4. The minimum Gasteiger partial charge on any atom is -0.361 e. The quantitative estimate of drug-likeness (QED) is 0.189. The summed E-state index contributed by atoms with van der Waals surface area (Å²) >= 11 is 0. The molecule has 1 heterocycles. The number of nitrogens with one attached hydrogen (secondary N) is 1. The van der Waals surface area contributed by atoms with Crippen LogP contribution in [0.4, 0.5) is 18.9 Å². The minimum atomic E-state index is -4.47. The molecule has 0 saturated heterocycles. The summed E-state index contributed by atoms with van der Waals surface area (Å²) in [5.41, 5.74) is 1.80. The topological polar surface area (TPSA) is 99.5 Å². The summed E-state index contributed by atoms with van der Waals surface area (Å²) < 4.78 is 39.2. The molecule has 4 aromatic rings. The van der Waals surface area contributed by atoms with Crippen LogP contribution in [-0.2, 0) is 23.9 Å². The van der Waals surface area contributed by atoms with Crippen molar-refractivity contribution in [3.05, 3.63) is 111 Å². The number of aromatic amines is 1. The molecule has 5 rings (SSSR count). The maximum absolute atomic E-state index is 13.7. The van der Waals surface area contributed by atoms with E-state index in [9.17, 15) is 32.9 Å². The first-order valence-corrected chi connectivity index (χ1v) is 13.1. The van der Waals surface area contributed by atoms with Crippen LogP contribution in [0.5, 0.6) is 0 Å². The van der Waals surface area contributed by atoms with Crippen molar-refractivity contribution in [1.82, 2.24) is 14.8 Å². The monoisotopic (exact) mass is 564 g/mol. The van der Waals surface area contributed by atoms with Crippen LogP contribution in [0.25, 0.3) is 10.9 Å². The van der Waals surface area contributed by atoms with Gasteiger partial charge in [0.25, 0.3) is 11.6 Å². The van der Waals surface area contributed by atoms with Crippen LogP contribution in [-0.4, -0.2) is 50.7 Å². The number of carbonyl (C=O) groups excluding carboxylic acids is 2. The number of non-ortho nitro benzene ring substituents is 1. The van der Waals surface area contributed by atoms with Gasteiger partial charge in [0.2, 0.25) is 5.91 Å². The first-order chi connectivity index (χ1) is 19.6. The van der Waals surface area contributed by atoms with E-state index >= 15 is 0 Å². The first-order valence-electron chi connectivity index (χ1n) is 13.1. The van der Waals surface area contributed by atoms with Crippen LogP contribution >= 0.6 is 0 Å². The Labute approximate surface area is 233 Å². The van der Waals surface area contributed by atoms with E-state index in [0.717, 1.165) is 41.4 Å². The summed E-state index contributed by atoms with van der Waals surface area (Å²) in [5, 5.41) is 12.0. The van der Waals surface area contributed by atoms with Crippen molar-refractivity contribution >= 4 is 28.4 Å². The van der Waals surface area contributed by atoms with E-state index in [0.29, 0.717) is 12.0 Å². The van der Waals surface area contributed by atoms with Crippen molar-refractivity contribution in [2.75, 3.05) is 13.1 Å². The Morgan fingerprint density at radius 3 is 2.29 bits per heavy atom. The van der Waals surface area contributed by atoms with Gasteiger partial charge in [0.05, 0.1) is 10.5 Å². The third-order valence-electron chi connectivity index (χ3n) is 7.21. The molecule has 2 amide bonds. The number of aromatic nitrogens is 1. The molecule has 41 heavy (non-hydrogen) atoms. The number of H-pyrrole nitrogens is 1. The van der Waals surface area contributed by atoms with Gasteiger partial charge in [-0.15, -0.1) is 0 Å². The van der Waals surface area contributed by atoms with Crippen LogP contribution in [0, 0.1) is 10.1 Å². The third-order valence-corrected chi connectivity index (χ3v) is 7.21. The fraction of sp³-hybridized carbons (Fsp3) is 0.267. The average Bonchev–Trinajstić information content (AvgIpc) is 3.72. The molecular formula is C30H27F3N4O4. The molecule has 1 saturated carbocycles. The highest BCUT2D eigenvalue weighted by Gasteiger charge is 2.35. The van der Waals surface area contributed by atoms with E-state index in [1.807, 2.05) is 30.5 Å². The first kappa shape index (κ1) is 27.9. The largest absolute Gasteiger partial charge is 0.416 e. The lowest BCUT2D eigenvalue weighted by Crippen LogP contribution is -2.44. The Kier molecular flexibility index (Phi) is 7.78. The molecular weight excluding hydrogens is 537 g/mol. The summed E-state index contributed by atoms with van der Waals surface area (Å²) in [6.45, 7) is 0.143. The lowest BCUT2D eigenvalue weighted by atomic mass is 10.1. The second-order valence-corrected chi connectivity index (χ2v) is 10.1. The Morgan fingerprint density at radius 1 is 0.976 bits per heavy atom. The molecule has 1 N–H and O–H groups in total. The number of nitrogens with zero attached hydrogens (tertiary/aromatic N) is 3. The second-order valence-electron chi connectivity index (χ2n) is 10.1. The number of para-hydroxylation sites is 1. The predicted molar refractivity (Wildman–Crippen MR) is 146 cm³/mol. The molecule has 11 heteroatoms. The molecule has 212 valence electrons. The van der Waals surface area contributed by atoms with Crippen LogP contribution < -0.4 is 0 Å². The van der Waals surface area contributed by atoms with Crippen molar-refractivity contribution in [3.63, 3.8) is 0 Å². The van der Waals surface area contributed by atoms with Gasteiger partial charge in [-0.05, 0) is 60.7 Å². The highest BCUT2D eigenvalue weighted by molar-refractivity contribution is 5.97. The fourth-order valence-electron chi connectivity index (χ4n) is 4.80. The van der Waals surface area contributed by atoms with Crippen molar-refractivity contribution in [1.29, 1.82) is 0 Å². The van der Waals surface area contributed by atoms with Gasteiger partial charge in [0.15, 0.2) is 0 Å². The number of nitro benzene ring substituents is 1. The molecule has 0 bridgehead atoms. The number of nitro groups is 1. The summed E-state index contributed by atoms with van der Waals surface area (Å²) in [6, 6.07) is 17.6. The maximum Gasteiger partial charge on any atom is 0.416 e. The molecule has 1 aliphatic rings. The van der Waals surface area contributed by atoms with Gasteiger partial charge in [-0.2, -0.15) is 13.2 Å². The molecule has 0 unspecified atom stereocenters. The number of carbonyl (C=O) groups is 2. The molecule has 0 aliphatic heterocycles. The van der Waals surface area contributed by atoms with E-state index in [-0.39, 0.29) is 42.8 Å². The van der Waals surface area contributed by atoms with E-state index < -0.39 is 22.6 Å². The third kappa shape index (κ3) is 6.56. The number of hydrogen-bond donors (Lipinski definition) is 1. The molecule has 1 aromatic heterocycles. The number of alkyl halides is 3. The number of hydrogen-bond acceptors (Lipinski definition) is 4. The normalized spacial score (nSPS) is 13.2. The zero-order valence-corrected chi connectivity index (χ0v) is 21.9. The molecule has 1 fully saturated rings. The molecule has 0 atom stereocenters. The summed E-state index contributed by atoms with van der Waals surface area (Å²) in [5.74, 6) is -0.742. The summed E-state index contributed by atoms with van der Waals surface area (Å²) in [7, 11) is 0. The number of amides is 2. The number of fused-ring (bicyclic) bond motifs is 1. The zero-order valence-electron chi connectivity index (χ0n) is 21.9. The van der Waals surface area contributed by atoms with E-state index in [1.54, 1.807) is 4.90 Å². The van der Waals surface area contributed by atoms with Crippen LogP contribution in [0.15, 0.2) is 79.0 Å². The van der Waals surface area contributed by atoms with Crippen molar-refractivity contribution in [2.24, 2.45) is 0 Å². The van der Waals surface area contributed by atoms with Gasteiger partial charge in [0, 0.05) is 53.9 Å². The van der Waals surface area contributed by atoms with Gasteiger partial charge in [-0.3, -0.25) is 19.7 Å². The Hall–Kier alpha value is -4.67. The number of rotatable bonds is 10. The number of benzene rings is 3. The van der Waals surface area contributed by atoms with Gasteiger partial charge < -0.3 is 14.8 Å². The Bertz CT molecular complexity index is 1560. The lowest BCUT2D eigenvalue weighted by molar-refractivity contribution is -0.384. The summed E-state index contributed by atoms with van der Waals surface area (Å²) in [4.78, 5) is 43.7. The van der Waals surface area contributed by atoms with Gasteiger partial charge in [-0.1, -0.05) is 30.3 Å².